The Labute approximate surface area is 154 Å². The molecule has 0 saturated carbocycles. The van der Waals surface area contributed by atoms with Crippen molar-refractivity contribution >= 4 is 10.9 Å². The predicted molar refractivity (Wildman–Crippen MR) is 103 cm³/mol. The van der Waals surface area contributed by atoms with Crippen LogP contribution in [0.2, 0.25) is 0 Å². The molecule has 3 aromatic rings. The number of unbranched alkanes of at least 4 members (excludes halogenated alkanes) is 2. The molecule has 0 saturated heterocycles. The number of benzene rings is 2. The minimum atomic E-state index is -0.461. The van der Waals surface area contributed by atoms with Crippen LogP contribution in [0.3, 0.4) is 0 Å². The van der Waals surface area contributed by atoms with Gasteiger partial charge in [-0.05, 0) is 35.7 Å². The monoisotopic (exact) mass is 351 g/mol. The van der Waals surface area contributed by atoms with E-state index in [2.05, 4.69) is 6.92 Å². The molecule has 1 unspecified atom stereocenters. The van der Waals surface area contributed by atoms with Gasteiger partial charge in [-0.25, -0.2) is 0 Å². The smallest absolute Gasteiger partial charge is 0.223 e. The highest BCUT2D eigenvalue weighted by Crippen LogP contribution is 2.25. The van der Waals surface area contributed by atoms with Crippen molar-refractivity contribution in [3.8, 4) is 5.75 Å². The number of rotatable bonds is 8. The Morgan fingerprint density at radius 2 is 1.92 bits per heavy atom. The van der Waals surface area contributed by atoms with Crippen LogP contribution in [0.1, 0.15) is 49.8 Å². The predicted octanol–water partition coefficient (Wildman–Crippen LogP) is 4.67. The first-order valence-electron chi connectivity index (χ1n) is 9.19. The molecule has 0 aliphatic carbocycles. The second-order valence-corrected chi connectivity index (χ2v) is 6.55. The third-order valence-electron chi connectivity index (χ3n) is 4.62. The van der Waals surface area contributed by atoms with Crippen LogP contribution in [-0.4, -0.2) is 5.11 Å². The summed E-state index contributed by atoms with van der Waals surface area (Å²) in [7, 11) is 0. The molecule has 0 radical (unpaired) electrons. The normalized spacial score (nSPS) is 12.2. The van der Waals surface area contributed by atoms with Gasteiger partial charge in [0.1, 0.15) is 12.4 Å². The number of ether oxygens (including phenoxy) is 1. The van der Waals surface area contributed by atoms with E-state index in [-0.39, 0.29) is 0 Å². The third kappa shape index (κ3) is 4.33. The number of aromatic nitrogens is 1. The lowest BCUT2D eigenvalue weighted by Gasteiger charge is -2.16. The first-order valence-corrected chi connectivity index (χ1v) is 9.19. The van der Waals surface area contributed by atoms with Crippen molar-refractivity contribution in [3.63, 3.8) is 0 Å². The van der Waals surface area contributed by atoms with Crippen LogP contribution in [0.15, 0.2) is 60.8 Å². The molecule has 3 rings (SSSR count). The molecule has 0 spiro atoms. The number of pyridine rings is 1. The summed E-state index contributed by atoms with van der Waals surface area (Å²) in [6.45, 7) is 2.54. The van der Waals surface area contributed by atoms with E-state index in [1.54, 1.807) is 18.2 Å². The van der Waals surface area contributed by atoms with Crippen LogP contribution in [0, 0.1) is 5.21 Å². The summed E-state index contributed by atoms with van der Waals surface area (Å²) in [6, 6.07) is 16.9. The lowest BCUT2D eigenvalue weighted by atomic mass is 9.98. The zero-order chi connectivity index (χ0) is 18.4. The van der Waals surface area contributed by atoms with E-state index in [1.807, 2.05) is 36.4 Å². The molecule has 0 aliphatic rings. The minimum absolute atomic E-state index is 0.386. The van der Waals surface area contributed by atoms with Gasteiger partial charge in [-0.3, -0.25) is 0 Å². The van der Waals surface area contributed by atoms with E-state index in [1.165, 1.54) is 6.20 Å². The Hall–Kier alpha value is -2.59. The van der Waals surface area contributed by atoms with E-state index in [0.29, 0.717) is 17.9 Å². The van der Waals surface area contributed by atoms with Gasteiger partial charge < -0.3 is 15.1 Å². The van der Waals surface area contributed by atoms with Gasteiger partial charge in [-0.2, -0.15) is 4.73 Å². The Bertz CT molecular complexity index is 863. The van der Waals surface area contributed by atoms with Gasteiger partial charge in [-0.1, -0.05) is 50.5 Å². The van der Waals surface area contributed by atoms with Crippen molar-refractivity contribution in [1.29, 1.82) is 0 Å². The average Bonchev–Trinajstić information content (AvgIpc) is 2.67. The lowest BCUT2D eigenvalue weighted by Crippen LogP contribution is -2.25. The highest BCUT2D eigenvalue weighted by Gasteiger charge is 2.12. The Morgan fingerprint density at radius 1 is 1.08 bits per heavy atom. The van der Waals surface area contributed by atoms with Crippen molar-refractivity contribution in [2.75, 3.05) is 0 Å². The first-order chi connectivity index (χ1) is 12.7. The topological polar surface area (TPSA) is 56.4 Å². The second-order valence-electron chi connectivity index (χ2n) is 6.55. The summed E-state index contributed by atoms with van der Waals surface area (Å²) in [5.41, 5.74) is 2.54. The minimum Gasteiger partial charge on any atom is -0.618 e. The molecule has 0 aliphatic heterocycles. The molecule has 1 aromatic heterocycles. The van der Waals surface area contributed by atoms with Gasteiger partial charge in [0, 0.05) is 12.1 Å². The van der Waals surface area contributed by atoms with Gasteiger partial charge >= 0.3 is 0 Å². The molecule has 26 heavy (non-hydrogen) atoms. The van der Waals surface area contributed by atoms with Gasteiger partial charge in [0.15, 0.2) is 6.20 Å². The van der Waals surface area contributed by atoms with Crippen molar-refractivity contribution in [2.45, 2.75) is 45.3 Å². The number of aliphatic hydroxyl groups excluding tert-OH is 1. The maximum absolute atomic E-state index is 11.7. The van der Waals surface area contributed by atoms with Gasteiger partial charge in [0.2, 0.25) is 5.52 Å². The number of fused-ring (bicyclic) bond motifs is 1. The van der Waals surface area contributed by atoms with Crippen LogP contribution in [-0.2, 0) is 6.61 Å². The molecule has 1 N–H and O–H groups in total. The lowest BCUT2D eigenvalue weighted by molar-refractivity contribution is -0.577. The third-order valence-corrected chi connectivity index (χ3v) is 4.62. The van der Waals surface area contributed by atoms with Crippen LogP contribution >= 0.6 is 0 Å². The van der Waals surface area contributed by atoms with Crippen molar-refractivity contribution in [2.24, 2.45) is 0 Å². The summed E-state index contributed by atoms with van der Waals surface area (Å²) in [5.74, 6) is 0.707. The number of aliphatic hydroxyl groups is 1. The average molecular weight is 351 g/mol. The fourth-order valence-electron chi connectivity index (χ4n) is 3.16. The van der Waals surface area contributed by atoms with Crippen molar-refractivity contribution < 1.29 is 14.6 Å². The van der Waals surface area contributed by atoms with E-state index in [9.17, 15) is 10.3 Å². The molecule has 0 bridgehead atoms. The quantitative estimate of drug-likeness (QED) is 0.365. The zero-order valence-electron chi connectivity index (χ0n) is 15.1. The Balaban J connectivity index is 1.72. The SMILES string of the molecule is CCCCCC(O)c1ccccc1COc1ccc2c(ccc[n+]2[O-])c1. The van der Waals surface area contributed by atoms with Gasteiger partial charge in [0.05, 0.1) is 11.5 Å². The van der Waals surface area contributed by atoms with Gasteiger partial charge in [0.25, 0.3) is 0 Å². The van der Waals surface area contributed by atoms with E-state index in [0.717, 1.165) is 46.9 Å². The summed E-state index contributed by atoms with van der Waals surface area (Å²) < 4.78 is 6.78. The summed E-state index contributed by atoms with van der Waals surface area (Å²) >= 11 is 0. The molecule has 1 atom stereocenters. The Morgan fingerprint density at radius 3 is 2.77 bits per heavy atom. The number of nitrogens with zero attached hydrogens (tertiary/aromatic N) is 1. The maximum Gasteiger partial charge on any atom is 0.223 e. The molecule has 0 amide bonds. The van der Waals surface area contributed by atoms with E-state index < -0.39 is 6.10 Å². The molecule has 2 aromatic carbocycles. The fourth-order valence-corrected chi connectivity index (χ4v) is 3.16. The van der Waals surface area contributed by atoms with Crippen molar-refractivity contribution in [3.05, 3.63) is 77.1 Å². The van der Waals surface area contributed by atoms with Crippen molar-refractivity contribution in [1.82, 2.24) is 0 Å². The molecule has 4 nitrogen and oxygen atoms in total. The summed E-state index contributed by atoms with van der Waals surface area (Å²) in [4.78, 5) is 0. The number of hydrogen-bond acceptors (Lipinski definition) is 3. The molecular formula is C22H25NO3. The summed E-state index contributed by atoms with van der Waals surface area (Å²) in [6.07, 6.45) is 5.09. The second kappa shape index (κ2) is 8.68. The maximum atomic E-state index is 11.7. The standard InChI is InChI=1S/C22H25NO3/c1-2-3-4-11-22(24)20-10-6-5-8-18(20)16-26-19-12-13-21-17(15-19)9-7-14-23(21)25/h5-10,12-15,22,24H,2-4,11,16H2,1H3. The molecular weight excluding hydrogens is 326 g/mol. The van der Waals surface area contributed by atoms with Gasteiger partial charge in [-0.15, -0.1) is 0 Å². The first kappa shape index (κ1) is 18.2. The molecule has 1 heterocycles. The van der Waals surface area contributed by atoms with E-state index >= 15 is 0 Å². The van der Waals surface area contributed by atoms with Crippen LogP contribution in [0.4, 0.5) is 0 Å². The zero-order valence-corrected chi connectivity index (χ0v) is 15.1. The van der Waals surface area contributed by atoms with Crippen LogP contribution in [0.25, 0.3) is 10.9 Å². The van der Waals surface area contributed by atoms with E-state index in [4.69, 9.17) is 4.74 Å². The van der Waals surface area contributed by atoms with Crippen LogP contribution < -0.4 is 9.47 Å². The fraction of sp³-hybridized carbons (Fsp3) is 0.318. The highest BCUT2D eigenvalue weighted by atomic mass is 16.5. The summed E-state index contributed by atoms with van der Waals surface area (Å²) in [5, 5.41) is 23.1. The molecule has 0 fully saturated rings. The molecule has 4 heteroatoms. The molecule has 136 valence electrons. The highest BCUT2D eigenvalue weighted by molar-refractivity contribution is 5.77. The largest absolute Gasteiger partial charge is 0.618 e. The Kier molecular flexibility index (Phi) is 6.08. The van der Waals surface area contributed by atoms with Crippen LogP contribution in [0.5, 0.6) is 5.75 Å². The number of hydrogen-bond donors (Lipinski definition) is 1.